The van der Waals surface area contributed by atoms with Gasteiger partial charge in [0, 0.05) is 11.1 Å². The number of phenols is 1. The van der Waals surface area contributed by atoms with Gasteiger partial charge in [0.25, 0.3) is 0 Å². The molecule has 0 radical (unpaired) electrons. The van der Waals surface area contributed by atoms with Crippen molar-refractivity contribution in [3.05, 3.63) is 94.0 Å². The van der Waals surface area contributed by atoms with E-state index in [1.807, 2.05) is 19.1 Å². The van der Waals surface area contributed by atoms with Crippen LogP contribution in [0.25, 0.3) is 11.6 Å². The second-order valence-corrected chi connectivity index (χ2v) is 13.5. The van der Waals surface area contributed by atoms with Crippen molar-refractivity contribution < 1.29 is 9.84 Å². The molecule has 0 aliphatic carbocycles. The first-order valence-electron chi connectivity index (χ1n) is 17.8. The summed E-state index contributed by atoms with van der Waals surface area (Å²) < 4.78 is 6.89. The molecular formula is C42H58O2. The fourth-order valence-electron chi connectivity index (χ4n) is 6.85. The maximum atomic E-state index is 11.5. The molecule has 4 rings (SSSR count). The minimum Gasteiger partial charge on any atom is -0.507 e. The van der Waals surface area contributed by atoms with Gasteiger partial charge in [-0.2, -0.15) is 0 Å². The molecule has 0 spiro atoms. The van der Waals surface area contributed by atoms with Crippen LogP contribution in [0.2, 0.25) is 0 Å². The van der Waals surface area contributed by atoms with Crippen LogP contribution >= 0.6 is 0 Å². The molecule has 2 heteroatoms. The summed E-state index contributed by atoms with van der Waals surface area (Å²) in [6.45, 7) is 8.72. The van der Waals surface area contributed by atoms with Gasteiger partial charge in [0.2, 0.25) is 0 Å². The van der Waals surface area contributed by atoms with Crippen molar-refractivity contribution in [2.75, 3.05) is 0 Å². The van der Waals surface area contributed by atoms with Gasteiger partial charge in [-0.3, -0.25) is 0 Å². The van der Waals surface area contributed by atoms with E-state index < -0.39 is 0 Å². The Hall–Kier alpha value is -3.00. The average Bonchev–Trinajstić information content (AvgIpc) is 3.05. The number of benzene rings is 3. The normalized spacial score (nSPS) is 15.9. The molecule has 1 heterocycles. The van der Waals surface area contributed by atoms with Gasteiger partial charge >= 0.3 is 0 Å². The molecule has 1 unspecified atom stereocenters. The van der Waals surface area contributed by atoms with Crippen molar-refractivity contribution in [1.82, 2.24) is 0 Å². The molecule has 1 aliphatic rings. The van der Waals surface area contributed by atoms with Crippen molar-refractivity contribution in [2.24, 2.45) is 0 Å². The van der Waals surface area contributed by atoms with Gasteiger partial charge < -0.3 is 9.84 Å². The van der Waals surface area contributed by atoms with E-state index in [4.69, 9.17) is 4.74 Å². The highest BCUT2D eigenvalue weighted by molar-refractivity contribution is 5.93. The standard InChI is InChI=1S/C42H58O2/c1-5-6-7-8-9-10-11-12-13-14-15-16-17-24-30-42(4)31-29-37-39(40(43)33(2)34(3)41(37)44-42)32-38(35-25-20-18-21-26-35)36-27-22-19-23-28-36/h18-23,25-28,32,43H,5-17,24,29-31H2,1-4H3. The molecule has 1 aliphatic heterocycles. The molecular weight excluding hydrogens is 536 g/mol. The Morgan fingerprint density at radius 3 is 1.68 bits per heavy atom. The van der Waals surface area contributed by atoms with E-state index in [-0.39, 0.29) is 5.60 Å². The van der Waals surface area contributed by atoms with Crippen molar-refractivity contribution >= 4 is 11.6 Å². The van der Waals surface area contributed by atoms with Gasteiger partial charge in [-0.05, 0) is 80.4 Å². The molecule has 2 nitrogen and oxygen atoms in total. The van der Waals surface area contributed by atoms with Gasteiger partial charge in [-0.25, -0.2) is 0 Å². The fraction of sp³-hybridized carbons (Fsp3) is 0.524. The van der Waals surface area contributed by atoms with Crippen LogP contribution < -0.4 is 4.74 Å². The summed E-state index contributed by atoms with van der Waals surface area (Å²) >= 11 is 0. The van der Waals surface area contributed by atoms with Crippen LogP contribution in [0.5, 0.6) is 11.5 Å². The zero-order valence-electron chi connectivity index (χ0n) is 28.2. The molecule has 0 fully saturated rings. The van der Waals surface area contributed by atoms with Crippen LogP contribution in [-0.2, 0) is 6.42 Å². The maximum absolute atomic E-state index is 11.5. The monoisotopic (exact) mass is 594 g/mol. The first-order valence-corrected chi connectivity index (χ1v) is 17.8. The van der Waals surface area contributed by atoms with Crippen LogP contribution in [0.3, 0.4) is 0 Å². The van der Waals surface area contributed by atoms with Crippen LogP contribution in [0, 0.1) is 13.8 Å². The molecule has 3 aromatic carbocycles. The Morgan fingerprint density at radius 1 is 0.705 bits per heavy atom. The zero-order valence-corrected chi connectivity index (χ0v) is 28.2. The van der Waals surface area contributed by atoms with Crippen LogP contribution in [0.4, 0.5) is 0 Å². The van der Waals surface area contributed by atoms with Crippen LogP contribution in [0.15, 0.2) is 60.7 Å². The summed E-state index contributed by atoms with van der Waals surface area (Å²) in [7, 11) is 0. The molecule has 0 amide bonds. The summed E-state index contributed by atoms with van der Waals surface area (Å²) in [6, 6.07) is 21.0. The highest BCUT2D eigenvalue weighted by atomic mass is 16.5. The topological polar surface area (TPSA) is 29.5 Å². The number of hydrogen-bond donors (Lipinski definition) is 1. The molecule has 0 saturated carbocycles. The Balaban J connectivity index is 1.34. The highest BCUT2D eigenvalue weighted by Gasteiger charge is 2.34. The Morgan fingerprint density at radius 2 is 1.18 bits per heavy atom. The number of ether oxygens (including phenoxy) is 1. The quantitative estimate of drug-likeness (QED) is 0.117. The number of rotatable bonds is 18. The molecule has 1 atom stereocenters. The van der Waals surface area contributed by atoms with Crippen molar-refractivity contribution in [3.63, 3.8) is 0 Å². The fourth-order valence-corrected chi connectivity index (χ4v) is 6.85. The molecule has 3 aromatic rings. The van der Waals surface area contributed by atoms with E-state index in [1.54, 1.807) is 0 Å². The summed E-state index contributed by atoms with van der Waals surface area (Å²) in [4.78, 5) is 0. The molecule has 0 aromatic heterocycles. The van der Waals surface area contributed by atoms with Gasteiger partial charge in [0.1, 0.15) is 17.1 Å². The lowest BCUT2D eigenvalue weighted by Crippen LogP contribution is -2.37. The first kappa shape index (κ1) is 33.9. The number of fused-ring (bicyclic) bond motifs is 1. The third-order valence-corrected chi connectivity index (χ3v) is 9.88. The molecule has 238 valence electrons. The highest BCUT2D eigenvalue weighted by Crippen LogP contribution is 2.46. The van der Waals surface area contributed by atoms with E-state index in [2.05, 4.69) is 75.4 Å². The van der Waals surface area contributed by atoms with Crippen molar-refractivity contribution in [2.45, 2.75) is 142 Å². The van der Waals surface area contributed by atoms with Crippen molar-refractivity contribution in [1.29, 1.82) is 0 Å². The largest absolute Gasteiger partial charge is 0.507 e. The smallest absolute Gasteiger partial charge is 0.127 e. The summed E-state index contributed by atoms with van der Waals surface area (Å²) in [5, 5.41) is 11.5. The minimum atomic E-state index is -0.152. The number of phenolic OH excluding ortho intramolecular Hbond substituents is 1. The van der Waals surface area contributed by atoms with Gasteiger partial charge in [0.15, 0.2) is 0 Å². The third kappa shape index (κ3) is 9.50. The lowest BCUT2D eigenvalue weighted by Gasteiger charge is -2.38. The predicted molar refractivity (Wildman–Crippen MR) is 190 cm³/mol. The number of unbranched alkanes of at least 4 members (excludes halogenated alkanes) is 13. The number of aromatic hydroxyl groups is 1. The Bertz CT molecular complexity index is 1270. The average molecular weight is 595 g/mol. The molecule has 0 saturated heterocycles. The van der Waals surface area contributed by atoms with Gasteiger partial charge in [-0.15, -0.1) is 0 Å². The summed E-state index contributed by atoms with van der Waals surface area (Å²) in [6.07, 6.45) is 24.5. The molecule has 44 heavy (non-hydrogen) atoms. The van der Waals surface area contributed by atoms with E-state index in [0.717, 1.165) is 64.0 Å². The summed E-state index contributed by atoms with van der Waals surface area (Å²) in [5.74, 6) is 1.37. The lowest BCUT2D eigenvalue weighted by molar-refractivity contribution is 0.0523. The van der Waals surface area contributed by atoms with E-state index in [9.17, 15) is 5.11 Å². The predicted octanol–water partition coefficient (Wildman–Crippen LogP) is 12.6. The Kier molecular flexibility index (Phi) is 13.5. The van der Waals surface area contributed by atoms with E-state index >= 15 is 0 Å². The van der Waals surface area contributed by atoms with Gasteiger partial charge in [-0.1, -0.05) is 151 Å². The van der Waals surface area contributed by atoms with E-state index in [0.29, 0.717) is 5.75 Å². The second-order valence-electron chi connectivity index (χ2n) is 13.5. The first-order chi connectivity index (χ1) is 21.4. The summed E-state index contributed by atoms with van der Waals surface area (Å²) in [5.41, 5.74) is 7.29. The molecule has 0 bridgehead atoms. The maximum Gasteiger partial charge on any atom is 0.127 e. The zero-order chi connectivity index (χ0) is 31.2. The Labute approximate surface area is 269 Å². The minimum absolute atomic E-state index is 0.152. The third-order valence-electron chi connectivity index (χ3n) is 9.88. The van der Waals surface area contributed by atoms with Gasteiger partial charge in [0.05, 0.1) is 0 Å². The SMILES string of the molecule is CCCCCCCCCCCCCCCCC1(C)CCc2c(C=C(c3ccccc3)c3ccccc3)c(O)c(C)c(C)c2O1. The molecule has 1 N–H and O–H groups in total. The van der Waals surface area contributed by atoms with E-state index in [1.165, 1.54) is 89.9 Å². The lowest BCUT2D eigenvalue weighted by atomic mass is 9.83. The van der Waals surface area contributed by atoms with Crippen molar-refractivity contribution in [3.8, 4) is 11.5 Å². The number of hydrogen-bond acceptors (Lipinski definition) is 2. The van der Waals surface area contributed by atoms with Crippen LogP contribution in [-0.4, -0.2) is 10.7 Å². The van der Waals surface area contributed by atoms with Crippen LogP contribution in [0.1, 0.15) is 150 Å². The second kappa shape index (κ2) is 17.5.